The van der Waals surface area contributed by atoms with Crippen LogP contribution in [0.3, 0.4) is 0 Å². The summed E-state index contributed by atoms with van der Waals surface area (Å²) in [7, 11) is 0. The number of alkyl halides is 3. The van der Waals surface area contributed by atoms with Crippen LogP contribution in [0.2, 0.25) is 0 Å². The van der Waals surface area contributed by atoms with Crippen LogP contribution in [0.5, 0.6) is 0 Å². The molecule has 0 saturated carbocycles. The molecule has 0 atom stereocenters. The lowest BCUT2D eigenvalue weighted by molar-refractivity contribution is -0.170. The molecule has 1 rings (SSSR count). The molecule has 0 aliphatic carbocycles. The minimum absolute atomic E-state index is 0.0193. The van der Waals surface area contributed by atoms with Gasteiger partial charge in [0.25, 0.3) is 0 Å². The van der Waals surface area contributed by atoms with E-state index in [9.17, 15) is 22.8 Å². The van der Waals surface area contributed by atoms with E-state index in [0.29, 0.717) is 0 Å². The quantitative estimate of drug-likeness (QED) is 0.608. The zero-order chi connectivity index (χ0) is 12.3. The number of thiophene rings is 1. The molecule has 0 fully saturated rings. The highest BCUT2D eigenvalue weighted by molar-refractivity contribution is 7.14. The normalized spacial score (nSPS) is 10.9. The van der Waals surface area contributed by atoms with Crippen molar-refractivity contribution >= 4 is 22.9 Å². The topological polar surface area (TPSA) is 57.9 Å². The number of hydrogen-bond donors (Lipinski definition) is 0. The Bertz CT molecular complexity index is 470. The van der Waals surface area contributed by atoms with E-state index in [-0.39, 0.29) is 9.75 Å². The second-order valence-electron chi connectivity index (χ2n) is 2.80. The Morgan fingerprint density at radius 3 is 2.44 bits per heavy atom. The molecule has 0 spiro atoms. The van der Waals surface area contributed by atoms with Gasteiger partial charge >= 0.3 is 6.18 Å². The molecule has 1 aromatic heterocycles. The summed E-state index contributed by atoms with van der Waals surface area (Å²) < 4.78 is 35.5. The predicted octanol–water partition coefficient (Wildman–Crippen LogP) is 2.32. The summed E-state index contributed by atoms with van der Waals surface area (Å²) in [5.74, 6) is -3.00. The zero-order valence-corrected chi connectivity index (χ0v) is 8.48. The molecule has 16 heavy (non-hydrogen) atoms. The van der Waals surface area contributed by atoms with Gasteiger partial charge in [-0.05, 0) is 12.1 Å². The molecule has 0 aliphatic heterocycles. The maximum Gasteiger partial charge on any atom is 0.450 e. The molecule has 0 amide bonds. The average Bonchev–Trinajstić information content (AvgIpc) is 2.64. The minimum atomic E-state index is -5.00. The van der Waals surface area contributed by atoms with E-state index in [2.05, 4.69) is 0 Å². The molecule has 7 heteroatoms. The van der Waals surface area contributed by atoms with Crippen molar-refractivity contribution in [2.75, 3.05) is 0 Å². The first-order valence-corrected chi connectivity index (χ1v) is 4.79. The van der Waals surface area contributed by atoms with Crippen molar-refractivity contribution in [3.8, 4) is 6.07 Å². The highest BCUT2D eigenvalue weighted by atomic mass is 32.1. The number of halogens is 3. The van der Waals surface area contributed by atoms with Crippen LogP contribution in [0.1, 0.15) is 21.0 Å². The molecule has 0 saturated heterocycles. The fourth-order valence-electron chi connectivity index (χ4n) is 0.881. The number of carbonyl (C=O) groups is 2. The average molecular weight is 247 g/mol. The Morgan fingerprint density at radius 2 is 2.00 bits per heavy atom. The van der Waals surface area contributed by atoms with Gasteiger partial charge in [0.1, 0.15) is 10.9 Å². The first-order valence-electron chi connectivity index (χ1n) is 3.97. The number of nitrogens with zero attached hydrogens (tertiary/aromatic N) is 1. The monoisotopic (exact) mass is 247 g/mol. The second kappa shape index (κ2) is 4.45. The van der Waals surface area contributed by atoms with Crippen LogP contribution >= 0.6 is 11.3 Å². The van der Waals surface area contributed by atoms with Gasteiger partial charge in [0, 0.05) is 0 Å². The van der Waals surface area contributed by atoms with Crippen molar-refractivity contribution < 1.29 is 22.8 Å². The lowest BCUT2D eigenvalue weighted by Crippen LogP contribution is -2.25. The second-order valence-corrected chi connectivity index (χ2v) is 3.88. The number of ketones is 2. The standard InChI is InChI=1S/C9H4F3NO2S/c10-9(11,12)8(15)3-6(14)7-2-1-5(4-13)16-7/h1-2H,3H2. The van der Waals surface area contributed by atoms with Crippen LogP contribution in [-0.4, -0.2) is 17.7 Å². The van der Waals surface area contributed by atoms with Gasteiger partial charge in [0.15, 0.2) is 5.78 Å². The van der Waals surface area contributed by atoms with Gasteiger partial charge in [0.05, 0.1) is 11.3 Å². The van der Waals surface area contributed by atoms with Crippen molar-refractivity contribution in [3.05, 3.63) is 21.9 Å². The maximum atomic E-state index is 11.8. The lowest BCUT2D eigenvalue weighted by Gasteiger charge is -2.02. The van der Waals surface area contributed by atoms with Crippen LogP contribution in [-0.2, 0) is 4.79 Å². The maximum absolute atomic E-state index is 11.8. The lowest BCUT2D eigenvalue weighted by atomic mass is 10.2. The fraction of sp³-hybridized carbons (Fsp3) is 0.222. The first-order chi connectivity index (χ1) is 7.34. The van der Waals surface area contributed by atoms with Crippen molar-refractivity contribution in [1.29, 1.82) is 5.26 Å². The smallest absolute Gasteiger partial charge is 0.293 e. The van der Waals surface area contributed by atoms with Crippen LogP contribution < -0.4 is 0 Å². The molecule has 0 radical (unpaired) electrons. The van der Waals surface area contributed by atoms with Gasteiger partial charge in [0.2, 0.25) is 5.78 Å². The van der Waals surface area contributed by atoms with E-state index < -0.39 is 24.2 Å². The van der Waals surface area contributed by atoms with Gasteiger partial charge in [-0.2, -0.15) is 18.4 Å². The molecule has 0 unspecified atom stereocenters. The summed E-state index contributed by atoms with van der Waals surface area (Å²) in [5, 5.41) is 8.45. The molecule has 84 valence electrons. The summed E-state index contributed by atoms with van der Waals surface area (Å²) in [6.45, 7) is 0. The van der Waals surface area contributed by atoms with Crippen LogP contribution in [0.25, 0.3) is 0 Å². The Balaban J connectivity index is 2.74. The minimum Gasteiger partial charge on any atom is -0.293 e. The summed E-state index contributed by atoms with van der Waals surface area (Å²) in [6.07, 6.45) is -6.21. The van der Waals surface area contributed by atoms with Gasteiger partial charge < -0.3 is 0 Å². The molecule has 0 N–H and O–H groups in total. The van der Waals surface area contributed by atoms with Crippen LogP contribution in [0.15, 0.2) is 12.1 Å². The molecule has 3 nitrogen and oxygen atoms in total. The third-order valence-corrected chi connectivity index (χ3v) is 2.66. The van der Waals surface area contributed by atoms with E-state index in [1.165, 1.54) is 12.1 Å². The molecule has 1 aromatic rings. The highest BCUT2D eigenvalue weighted by Crippen LogP contribution is 2.22. The van der Waals surface area contributed by atoms with Gasteiger partial charge in [-0.1, -0.05) is 0 Å². The van der Waals surface area contributed by atoms with Gasteiger partial charge in [-0.25, -0.2) is 0 Å². The van der Waals surface area contributed by atoms with E-state index >= 15 is 0 Å². The number of hydrogen-bond acceptors (Lipinski definition) is 4. The van der Waals surface area contributed by atoms with Crippen molar-refractivity contribution in [2.24, 2.45) is 0 Å². The van der Waals surface area contributed by atoms with E-state index in [1.54, 1.807) is 6.07 Å². The Labute approximate surface area is 92.1 Å². The SMILES string of the molecule is N#Cc1ccc(C(=O)CC(=O)C(F)(F)F)s1. The zero-order valence-electron chi connectivity index (χ0n) is 7.67. The number of rotatable bonds is 3. The molecular weight excluding hydrogens is 243 g/mol. The van der Waals surface area contributed by atoms with Crippen molar-refractivity contribution in [1.82, 2.24) is 0 Å². The Hall–Kier alpha value is -1.68. The number of nitriles is 1. The highest BCUT2D eigenvalue weighted by Gasteiger charge is 2.39. The van der Waals surface area contributed by atoms with Crippen LogP contribution in [0, 0.1) is 11.3 Å². The molecule has 1 heterocycles. The Morgan fingerprint density at radius 1 is 1.38 bits per heavy atom. The third kappa shape index (κ3) is 2.90. The summed E-state index contributed by atoms with van der Waals surface area (Å²) >= 11 is 0.763. The Kier molecular flexibility index (Phi) is 3.44. The van der Waals surface area contributed by atoms with E-state index in [1.807, 2.05) is 0 Å². The van der Waals surface area contributed by atoms with E-state index in [4.69, 9.17) is 5.26 Å². The largest absolute Gasteiger partial charge is 0.450 e. The summed E-state index contributed by atoms with van der Waals surface area (Å²) in [6, 6.07) is 4.29. The van der Waals surface area contributed by atoms with Crippen molar-refractivity contribution in [2.45, 2.75) is 12.6 Å². The molecule has 0 aliphatic rings. The third-order valence-electron chi connectivity index (χ3n) is 1.63. The van der Waals surface area contributed by atoms with Gasteiger partial charge in [-0.15, -0.1) is 11.3 Å². The van der Waals surface area contributed by atoms with Gasteiger partial charge in [-0.3, -0.25) is 9.59 Å². The first kappa shape index (κ1) is 12.4. The molecule has 0 bridgehead atoms. The number of Topliss-reactive ketones (excluding diaryl/α,β-unsaturated/α-hetero) is 2. The fourth-order valence-corrected chi connectivity index (χ4v) is 1.62. The number of carbonyl (C=O) groups excluding carboxylic acids is 2. The molecular formula is C9H4F3NO2S. The molecule has 0 aromatic carbocycles. The van der Waals surface area contributed by atoms with Crippen molar-refractivity contribution in [3.63, 3.8) is 0 Å². The van der Waals surface area contributed by atoms with Crippen LogP contribution in [0.4, 0.5) is 13.2 Å². The predicted molar refractivity (Wildman–Crippen MR) is 49.0 cm³/mol. The summed E-state index contributed by atoms with van der Waals surface area (Å²) in [4.78, 5) is 21.9. The van der Waals surface area contributed by atoms with E-state index in [0.717, 1.165) is 11.3 Å². The summed E-state index contributed by atoms with van der Waals surface area (Å²) in [5.41, 5.74) is 0.